The normalized spacial score (nSPS) is 11.2. The summed E-state index contributed by atoms with van der Waals surface area (Å²) in [5.41, 5.74) is 0. The second-order valence-corrected chi connectivity index (χ2v) is 4.05. The van der Waals surface area contributed by atoms with Crippen LogP contribution in [0.25, 0.3) is 0 Å². The Morgan fingerprint density at radius 2 is 1.83 bits per heavy atom. The fourth-order valence-corrected chi connectivity index (χ4v) is 1.50. The molecule has 1 nitrogen and oxygen atoms in total. The van der Waals surface area contributed by atoms with Crippen molar-refractivity contribution < 1.29 is 4.43 Å². The maximum absolute atomic E-state index is 4.99. The van der Waals surface area contributed by atoms with Crippen molar-refractivity contribution in [3.63, 3.8) is 0 Å². The van der Waals surface area contributed by atoms with E-state index in [1.807, 2.05) is 0 Å². The van der Waals surface area contributed by atoms with E-state index in [2.05, 4.69) is 19.1 Å². The summed E-state index contributed by atoms with van der Waals surface area (Å²) < 4.78 is 4.99. The van der Waals surface area contributed by atoms with Gasteiger partial charge in [0, 0.05) is 7.11 Å². The minimum atomic E-state index is 0.693. The van der Waals surface area contributed by atoms with Gasteiger partial charge in [0.2, 0.25) is 9.76 Å². The average Bonchev–Trinajstić information content (AvgIpc) is 2.10. The molecule has 0 fully saturated rings. The van der Waals surface area contributed by atoms with E-state index >= 15 is 0 Å². The van der Waals surface area contributed by atoms with E-state index in [0.29, 0.717) is 9.76 Å². The summed E-state index contributed by atoms with van der Waals surface area (Å²) in [7, 11) is 2.47. The van der Waals surface area contributed by atoms with E-state index < -0.39 is 0 Å². The molecule has 0 aliphatic rings. The first kappa shape index (κ1) is 11.9. The Labute approximate surface area is 79.1 Å². The largest absolute Gasteiger partial charge is 0.421 e. The van der Waals surface area contributed by atoms with Crippen LogP contribution in [0.4, 0.5) is 0 Å². The van der Waals surface area contributed by atoms with Crippen molar-refractivity contribution in [2.45, 2.75) is 45.1 Å². The molecule has 70 valence electrons. The molecule has 0 aliphatic heterocycles. The van der Waals surface area contributed by atoms with Gasteiger partial charge in [-0.3, -0.25) is 0 Å². The zero-order chi connectivity index (χ0) is 9.07. The summed E-state index contributed by atoms with van der Waals surface area (Å²) in [6.45, 7) is 2.23. The van der Waals surface area contributed by atoms with Crippen LogP contribution in [-0.2, 0) is 4.43 Å². The van der Waals surface area contributed by atoms with Crippen molar-refractivity contribution in [2.75, 3.05) is 7.11 Å². The van der Waals surface area contributed by atoms with Crippen LogP contribution >= 0.6 is 0 Å². The fourth-order valence-electron chi connectivity index (χ4n) is 0.952. The van der Waals surface area contributed by atoms with Crippen LogP contribution in [0.2, 0.25) is 6.04 Å². The van der Waals surface area contributed by atoms with Crippen LogP contribution in [0.5, 0.6) is 0 Å². The molecule has 2 heteroatoms. The van der Waals surface area contributed by atoms with Crippen LogP contribution in [-0.4, -0.2) is 16.9 Å². The minimum Gasteiger partial charge on any atom is -0.421 e. The van der Waals surface area contributed by atoms with Crippen LogP contribution < -0.4 is 0 Å². The summed E-state index contributed by atoms with van der Waals surface area (Å²) in [5.74, 6) is 0. The van der Waals surface area contributed by atoms with Gasteiger partial charge in [-0.15, -0.1) is 0 Å². The Morgan fingerprint density at radius 1 is 1.17 bits per heavy atom. The molecule has 0 N–H and O–H groups in total. The lowest BCUT2D eigenvalue weighted by molar-refractivity contribution is 0.439. The molecule has 0 spiro atoms. The maximum atomic E-state index is 4.99. The van der Waals surface area contributed by atoms with E-state index in [0.717, 1.165) is 0 Å². The standard InChI is InChI=1S/C10H20OSi/c1-3-4-5-6-7-8-9-10-12-11-2/h6-7H,3-5,8-10H2,1-2H3. The molecule has 0 saturated heterocycles. The molecule has 0 aromatic carbocycles. The van der Waals surface area contributed by atoms with Gasteiger partial charge in [0.05, 0.1) is 0 Å². The van der Waals surface area contributed by atoms with Crippen LogP contribution in [0.1, 0.15) is 39.0 Å². The van der Waals surface area contributed by atoms with Crippen molar-refractivity contribution in [3.8, 4) is 0 Å². The Kier molecular flexibility index (Phi) is 10.8. The predicted molar refractivity (Wildman–Crippen MR) is 55.5 cm³/mol. The first-order chi connectivity index (χ1) is 5.91. The van der Waals surface area contributed by atoms with Gasteiger partial charge in [0.1, 0.15) is 0 Å². The van der Waals surface area contributed by atoms with Gasteiger partial charge >= 0.3 is 0 Å². The van der Waals surface area contributed by atoms with Gasteiger partial charge in [-0.25, -0.2) is 0 Å². The van der Waals surface area contributed by atoms with E-state index in [-0.39, 0.29) is 0 Å². The lowest BCUT2D eigenvalue weighted by atomic mass is 10.2. The van der Waals surface area contributed by atoms with E-state index in [1.54, 1.807) is 7.11 Å². The molecule has 0 aromatic heterocycles. The van der Waals surface area contributed by atoms with Gasteiger partial charge < -0.3 is 4.43 Å². The molecule has 0 unspecified atom stereocenters. The highest BCUT2D eigenvalue weighted by molar-refractivity contribution is 6.26. The first-order valence-corrected chi connectivity index (χ1v) is 5.94. The van der Waals surface area contributed by atoms with Crippen LogP contribution in [0.15, 0.2) is 12.2 Å². The molecule has 0 saturated carbocycles. The second kappa shape index (κ2) is 10.9. The first-order valence-electron chi connectivity index (χ1n) is 4.82. The summed E-state index contributed by atoms with van der Waals surface area (Å²) in [6, 6.07) is 1.22. The third-order valence-electron chi connectivity index (χ3n) is 1.68. The number of hydrogen-bond donors (Lipinski definition) is 0. The Balaban J connectivity index is 2.92. The summed E-state index contributed by atoms with van der Waals surface area (Å²) in [4.78, 5) is 0. The van der Waals surface area contributed by atoms with Crippen molar-refractivity contribution in [1.29, 1.82) is 0 Å². The monoisotopic (exact) mass is 184 g/mol. The number of unbranched alkanes of at least 4 members (excludes halogenated alkanes) is 3. The molecule has 0 aliphatic carbocycles. The smallest absolute Gasteiger partial charge is 0.229 e. The van der Waals surface area contributed by atoms with Crippen molar-refractivity contribution >= 4 is 9.76 Å². The molecule has 0 bridgehead atoms. The highest BCUT2D eigenvalue weighted by Crippen LogP contribution is 2.00. The highest BCUT2D eigenvalue weighted by Gasteiger charge is 1.86. The average molecular weight is 184 g/mol. The number of rotatable bonds is 8. The highest BCUT2D eigenvalue weighted by atomic mass is 28.2. The number of allylic oxidation sites excluding steroid dienone is 2. The third kappa shape index (κ3) is 9.92. The summed E-state index contributed by atoms with van der Waals surface area (Å²) in [6.07, 6.45) is 11.0. The Bertz CT molecular complexity index is 102. The van der Waals surface area contributed by atoms with Crippen LogP contribution in [0.3, 0.4) is 0 Å². The lowest BCUT2D eigenvalue weighted by Gasteiger charge is -1.93. The van der Waals surface area contributed by atoms with Crippen molar-refractivity contribution in [2.24, 2.45) is 0 Å². The van der Waals surface area contributed by atoms with E-state index in [4.69, 9.17) is 4.43 Å². The third-order valence-corrected chi connectivity index (χ3v) is 2.53. The Hall–Kier alpha value is -0.0831. The number of hydrogen-bond acceptors (Lipinski definition) is 1. The Morgan fingerprint density at radius 3 is 2.42 bits per heavy atom. The maximum Gasteiger partial charge on any atom is 0.229 e. The van der Waals surface area contributed by atoms with Crippen LogP contribution in [0, 0.1) is 0 Å². The molecule has 0 amide bonds. The topological polar surface area (TPSA) is 9.23 Å². The van der Waals surface area contributed by atoms with Crippen molar-refractivity contribution in [3.05, 3.63) is 12.2 Å². The molecule has 2 radical (unpaired) electrons. The predicted octanol–water partition coefficient (Wildman–Crippen LogP) is 3.20. The quantitative estimate of drug-likeness (QED) is 0.320. The van der Waals surface area contributed by atoms with Gasteiger partial charge in [-0.2, -0.15) is 0 Å². The molecule has 0 atom stereocenters. The van der Waals surface area contributed by atoms with Gasteiger partial charge in [0.25, 0.3) is 0 Å². The fraction of sp³-hybridized carbons (Fsp3) is 0.800. The zero-order valence-electron chi connectivity index (χ0n) is 8.31. The lowest BCUT2D eigenvalue weighted by Crippen LogP contribution is -1.90. The molecular formula is C10H20OSi. The summed E-state index contributed by atoms with van der Waals surface area (Å²) >= 11 is 0. The molecule has 0 rings (SSSR count). The van der Waals surface area contributed by atoms with E-state index in [1.165, 1.54) is 38.1 Å². The van der Waals surface area contributed by atoms with Gasteiger partial charge in [0.15, 0.2) is 0 Å². The summed E-state index contributed by atoms with van der Waals surface area (Å²) in [5, 5.41) is 0. The SMILES string of the molecule is CCCCC=CCCC[Si]OC. The minimum absolute atomic E-state index is 0.693. The van der Waals surface area contributed by atoms with E-state index in [9.17, 15) is 0 Å². The molecule has 12 heavy (non-hydrogen) atoms. The molecule has 0 aromatic rings. The van der Waals surface area contributed by atoms with Gasteiger partial charge in [-0.1, -0.05) is 38.3 Å². The van der Waals surface area contributed by atoms with Gasteiger partial charge in [-0.05, 0) is 18.9 Å². The zero-order valence-corrected chi connectivity index (χ0v) is 9.31. The van der Waals surface area contributed by atoms with Crippen molar-refractivity contribution in [1.82, 2.24) is 0 Å². The molecule has 0 heterocycles. The second-order valence-electron chi connectivity index (χ2n) is 2.85. The molecular weight excluding hydrogens is 164 g/mol.